The lowest BCUT2D eigenvalue weighted by molar-refractivity contribution is -0.135. The second-order valence-corrected chi connectivity index (χ2v) is 13.2. The van der Waals surface area contributed by atoms with E-state index in [4.69, 9.17) is 14.2 Å². The Morgan fingerprint density at radius 2 is 1.16 bits per heavy atom. The number of esters is 1. The lowest BCUT2D eigenvalue weighted by atomic mass is 10.1. The molecule has 1 fully saturated rings. The summed E-state index contributed by atoms with van der Waals surface area (Å²) < 4.78 is 73.4. The Morgan fingerprint density at radius 3 is 1.59 bits per heavy atom. The first-order valence-electron chi connectivity index (χ1n) is 14.1. The van der Waals surface area contributed by atoms with Gasteiger partial charge in [-0.05, 0) is 99.8 Å². The molecule has 12 nitrogen and oxygen atoms in total. The van der Waals surface area contributed by atoms with Crippen molar-refractivity contribution in [3.05, 3.63) is 72.3 Å². The highest BCUT2D eigenvalue weighted by Gasteiger charge is 2.22. The van der Waals surface area contributed by atoms with Gasteiger partial charge < -0.3 is 19.1 Å². The van der Waals surface area contributed by atoms with Gasteiger partial charge in [0.25, 0.3) is 26.0 Å². The first-order valence-corrected chi connectivity index (χ1v) is 17.1. The zero-order chi connectivity index (χ0) is 31.7. The van der Waals surface area contributed by atoms with E-state index < -0.39 is 32.6 Å². The van der Waals surface area contributed by atoms with E-state index in [2.05, 4.69) is 9.44 Å². The van der Waals surface area contributed by atoms with E-state index in [0.29, 0.717) is 37.8 Å². The van der Waals surface area contributed by atoms with Crippen molar-refractivity contribution in [2.75, 3.05) is 42.4 Å². The van der Waals surface area contributed by atoms with Gasteiger partial charge in [0.1, 0.15) is 11.5 Å². The first kappa shape index (κ1) is 32.6. The van der Waals surface area contributed by atoms with Crippen LogP contribution in [0.1, 0.15) is 43.5 Å². The summed E-state index contributed by atoms with van der Waals surface area (Å²) in [5, 5.41) is 0. The van der Waals surface area contributed by atoms with Crippen molar-refractivity contribution in [3.63, 3.8) is 0 Å². The molecule has 3 aromatic carbocycles. The van der Waals surface area contributed by atoms with Gasteiger partial charge in [-0.1, -0.05) is 0 Å². The Labute approximate surface area is 257 Å². The molecule has 2 N–H and O–H groups in total. The number of nitrogens with one attached hydrogen (secondary N) is 2. The molecule has 0 radical (unpaired) electrons. The van der Waals surface area contributed by atoms with Crippen LogP contribution in [-0.2, 0) is 29.6 Å². The molecule has 0 aliphatic carbocycles. The van der Waals surface area contributed by atoms with Crippen molar-refractivity contribution in [1.29, 1.82) is 0 Å². The molecule has 3 aromatic rings. The van der Waals surface area contributed by atoms with E-state index >= 15 is 0 Å². The van der Waals surface area contributed by atoms with Crippen molar-refractivity contribution in [2.45, 2.75) is 42.9 Å². The minimum atomic E-state index is -4.16. The van der Waals surface area contributed by atoms with Crippen molar-refractivity contribution in [1.82, 2.24) is 4.90 Å². The van der Waals surface area contributed by atoms with Crippen LogP contribution in [0, 0.1) is 0 Å². The molecule has 0 saturated carbocycles. The van der Waals surface area contributed by atoms with E-state index in [1.54, 1.807) is 18.7 Å². The van der Waals surface area contributed by atoms with Gasteiger partial charge in [-0.15, -0.1) is 0 Å². The lowest BCUT2D eigenvalue weighted by Gasteiger charge is -2.26. The number of hydrogen-bond donors (Lipinski definition) is 2. The minimum absolute atomic E-state index is 0.0856. The maximum absolute atomic E-state index is 13.2. The van der Waals surface area contributed by atoms with Gasteiger partial charge in [0.15, 0.2) is 6.61 Å². The summed E-state index contributed by atoms with van der Waals surface area (Å²) in [6.07, 6.45) is 2.76. The zero-order valence-corrected chi connectivity index (χ0v) is 26.1. The molecule has 0 atom stereocenters. The maximum Gasteiger partial charge on any atom is 0.338 e. The van der Waals surface area contributed by atoms with Crippen LogP contribution in [0.4, 0.5) is 11.4 Å². The van der Waals surface area contributed by atoms with E-state index in [9.17, 15) is 26.4 Å². The molecule has 4 rings (SSSR count). The van der Waals surface area contributed by atoms with Crippen LogP contribution in [-0.4, -0.2) is 66.5 Å². The SMILES string of the molecule is CCOc1ccc(S(=O)(=O)Nc2cc(NS(=O)(=O)c3ccc(OCC)cc3)cc(C(=O)OCC(=O)N3CCCCC3)c2)cc1. The molecular weight excluding hydrogens is 610 g/mol. The van der Waals surface area contributed by atoms with Gasteiger partial charge in [0.05, 0.1) is 39.9 Å². The predicted octanol–water partition coefficient (Wildman–Crippen LogP) is 4.25. The van der Waals surface area contributed by atoms with Gasteiger partial charge in [-0.3, -0.25) is 14.2 Å². The van der Waals surface area contributed by atoms with Crippen LogP contribution < -0.4 is 18.9 Å². The van der Waals surface area contributed by atoms with Crippen molar-refractivity contribution in [2.24, 2.45) is 0 Å². The largest absolute Gasteiger partial charge is 0.494 e. The lowest BCUT2D eigenvalue weighted by Crippen LogP contribution is -2.38. The molecular formula is C30H35N3O9S2. The number of ether oxygens (including phenoxy) is 3. The van der Waals surface area contributed by atoms with E-state index in [0.717, 1.165) is 19.3 Å². The standard InChI is InChI=1S/C30H35N3O9S2/c1-3-40-25-8-12-27(13-9-25)43(36,37)31-23-18-22(30(35)42-21-29(34)33-16-6-5-7-17-33)19-24(20-23)32-44(38,39)28-14-10-26(11-15-28)41-4-2/h8-15,18-20,31-32H,3-7,16-17,21H2,1-2H3. The third-order valence-corrected chi connectivity index (χ3v) is 9.39. The minimum Gasteiger partial charge on any atom is -0.494 e. The molecule has 1 heterocycles. The maximum atomic E-state index is 13.2. The predicted molar refractivity (Wildman–Crippen MR) is 164 cm³/mol. The number of likely N-dealkylation sites (tertiary alicyclic amines) is 1. The summed E-state index contributed by atoms with van der Waals surface area (Å²) in [6.45, 7) is 5.07. The number of sulfonamides is 2. The first-order chi connectivity index (χ1) is 21.0. The molecule has 0 aromatic heterocycles. The molecule has 44 heavy (non-hydrogen) atoms. The van der Waals surface area contributed by atoms with Crippen molar-refractivity contribution in [3.8, 4) is 11.5 Å². The normalized spacial score (nSPS) is 13.5. The van der Waals surface area contributed by atoms with Crippen LogP contribution >= 0.6 is 0 Å². The molecule has 1 aliphatic heterocycles. The van der Waals surface area contributed by atoms with Gasteiger partial charge in [-0.25, -0.2) is 21.6 Å². The fraction of sp³-hybridized carbons (Fsp3) is 0.333. The third kappa shape index (κ3) is 8.63. The van der Waals surface area contributed by atoms with Gasteiger partial charge in [-0.2, -0.15) is 0 Å². The van der Waals surface area contributed by atoms with Crippen LogP contribution in [0.3, 0.4) is 0 Å². The van der Waals surface area contributed by atoms with Gasteiger partial charge >= 0.3 is 5.97 Å². The monoisotopic (exact) mass is 645 g/mol. The summed E-state index contributed by atoms with van der Waals surface area (Å²) in [6, 6.07) is 15.1. The Balaban J connectivity index is 1.60. The molecule has 0 spiro atoms. The second kappa shape index (κ2) is 14.4. The second-order valence-electron chi connectivity index (χ2n) is 9.84. The smallest absolute Gasteiger partial charge is 0.338 e. The molecule has 0 bridgehead atoms. The average Bonchev–Trinajstić information content (AvgIpc) is 3.00. The van der Waals surface area contributed by atoms with Crippen LogP contribution in [0.2, 0.25) is 0 Å². The Morgan fingerprint density at radius 1 is 0.705 bits per heavy atom. The number of piperidine rings is 1. The van der Waals surface area contributed by atoms with E-state index in [1.807, 2.05) is 0 Å². The molecule has 1 saturated heterocycles. The average molecular weight is 646 g/mol. The van der Waals surface area contributed by atoms with Crippen molar-refractivity contribution < 1.29 is 40.6 Å². The summed E-state index contributed by atoms with van der Waals surface area (Å²) in [4.78, 5) is 27.0. The Hall–Kier alpha value is -4.30. The quantitative estimate of drug-likeness (QED) is 0.259. The molecule has 1 aliphatic rings. The fourth-order valence-electron chi connectivity index (χ4n) is 4.50. The van der Waals surface area contributed by atoms with Gasteiger partial charge in [0, 0.05) is 13.1 Å². The third-order valence-electron chi connectivity index (χ3n) is 6.60. The summed E-state index contributed by atoms with van der Waals surface area (Å²) in [5.41, 5.74) is -0.395. The number of hydrogen-bond acceptors (Lipinski definition) is 9. The molecule has 236 valence electrons. The van der Waals surface area contributed by atoms with Crippen molar-refractivity contribution >= 4 is 43.3 Å². The number of nitrogens with zero attached hydrogens (tertiary/aromatic N) is 1. The van der Waals surface area contributed by atoms with E-state index in [1.165, 1.54) is 66.7 Å². The van der Waals surface area contributed by atoms with Crippen LogP contribution in [0.5, 0.6) is 11.5 Å². The number of rotatable bonds is 13. The molecule has 1 amide bonds. The number of carbonyl (C=O) groups excluding carboxylic acids is 2. The highest BCUT2D eigenvalue weighted by atomic mass is 32.2. The summed E-state index contributed by atoms with van der Waals surface area (Å²) in [5.74, 6) is -0.302. The molecule has 0 unspecified atom stereocenters. The fourth-order valence-corrected chi connectivity index (χ4v) is 6.58. The van der Waals surface area contributed by atoms with Crippen LogP contribution in [0.25, 0.3) is 0 Å². The zero-order valence-electron chi connectivity index (χ0n) is 24.4. The van der Waals surface area contributed by atoms with E-state index in [-0.39, 0.29) is 32.6 Å². The highest BCUT2D eigenvalue weighted by Crippen LogP contribution is 2.26. The number of carbonyl (C=O) groups is 2. The number of benzene rings is 3. The highest BCUT2D eigenvalue weighted by molar-refractivity contribution is 7.93. The summed E-state index contributed by atoms with van der Waals surface area (Å²) in [7, 11) is -8.32. The molecule has 14 heteroatoms. The number of anilines is 2. The Bertz CT molecular complexity index is 1570. The summed E-state index contributed by atoms with van der Waals surface area (Å²) >= 11 is 0. The number of amides is 1. The van der Waals surface area contributed by atoms with Crippen LogP contribution in [0.15, 0.2) is 76.5 Å². The Kier molecular flexibility index (Phi) is 10.7. The topological polar surface area (TPSA) is 157 Å². The van der Waals surface area contributed by atoms with Gasteiger partial charge in [0.2, 0.25) is 0 Å².